The molecule has 0 saturated heterocycles. The minimum Gasteiger partial charge on any atom is -0.381 e. The van der Waals surface area contributed by atoms with Crippen LogP contribution >= 0.6 is 0 Å². The fraction of sp³-hybridized carbons (Fsp3) is 0.357. The van der Waals surface area contributed by atoms with E-state index in [0.717, 1.165) is 40.2 Å². The summed E-state index contributed by atoms with van der Waals surface area (Å²) in [7, 11) is 1.60. The van der Waals surface area contributed by atoms with Crippen molar-refractivity contribution in [1.82, 2.24) is 0 Å². The third-order valence-corrected chi connectivity index (χ3v) is 5.02. The predicted octanol–water partition coefficient (Wildman–Crippen LogP) is 7.52. The number of nitrogens with zero attached hydrogens (tertiary/aromatic N) is 1. The molecule has 0 spiro atoms. The molecule has 0 saturated carbocycles. The molecule has 178 valence electrons. The second-order valence-corrected chi connectivity index (χ2v) is 7.57. The van der Waals surface area contributed by atoms with Crippen molar-refractivity contribution in [3.63, 3.8) is 0 Å². The van der Waals surface area contributed by atoms with Gasteiger partial charge in [-0.1, -0.05) is 38.2 Å². The van der Waals surface area contributed by atoms with Crippen molar-refractivity contribution in [3.8, 4) is 0 Å². The number of allylic oxidation sites excluding steroid dienone is 8. The lowest BCUT2D eigenvalue weighted by Crippen LogP contribution is -2.09. The van der Waals surface area contributed by atoms with Crippen molar-refractivity contribution >= 4 is 17.2 Å². The maximum Gasteiger partial charge on any atom is 0.160 e. The van der Waals surface area contributed by atoms with Gasteiger partial charge in [0.2, 0.25) is 0 Å². The Bertz CT molecular complexity index is 995. The summed E-state index contributed by atoms with van der Waals surface area (Å²) >= 11 is 0. The zero-order chi connectivity index (χ0) is 24.8. The van der Waals surface area contributed by atoms with Crippen LogP contribution in [-0.2, 0) is 11.2 Å². The number of hydrogen-bond acceptors (Lipinski definition) is 4. The number of methoxy groups -OCH3 is 1. The fourth-order valence-corrected chi connectivity index (χ4v) is 3.13. The molecule has 33 heavy (non-hydrogen) atoms. The van der Waals surface area contributed by atoms with Crippen molar-refractivity contribution in [1.29, 1.82) is 0 Å². The lowest BCUT2D eigenvalue weighted by molar-refractivity contribution is 0.101. The number of benzene rings is 1. The number of anilines is 1. The van der Waals surface area contributed by atoms with Gasteiger partial charge in [-0.05, 0) is 75.9 Å². The third kappa shape index (κ3) is 9.15. The van der Waals surface area contributed by atoms with Crippen molar-refractivity contribution in [2.75, 3.05) is 19.0 Å². The molecule has 0 aromatic heterocycles. The molecule has 5 heteroatoms. The van der Waals surface area contributed by atoms with Gasteiger partial charge < -0.3 is 10.1 Å². The van der Waals surface area contributed by atoms with Gasteiger partial charge in [0.05, 0.1) is 18.0 Å². The summed E-state index contributed by atoms with van der Waals surface area (Å²) in [6, 6.07) is 5.74. The number of aliphatic imine (C=N–C) groups is 1. The smallest absolute Gasteiger partial charge is 0.160 e. The number of aryl methyl sites for hydroxylation is 1. The molecule has 0 aliphatic carbocycles. The van der Waals surface area contributed by atoms with Crippen LogP contribution in [0.1, 0.15) is 63.9 Å². The molecular weight excluding hydrogens is 415 g/mol. The van der Waals surface area contributed by atoms with Crippen LogP contribution < -0.4 is 5.32 Å². The van der Waals surface area contributed by atoms with Crippen LogP contribution in [0.3, 0.4) is 0 Å². The van der Waals surface area contributed by atoms with Crippen LogP contribution in [0.5, 0.6) is 0 Å². The van der Waals surface area contributed by atoms with Gasteiger partial charge in [-0.25, -0.2) is 4.39 Å². The first-order valence-corrected chi connectivity index (χ1v) is 11.3. The van der Waals surface area contributed by atoms with Crippen molar-refractivity contribution in [3.05, 3.63) is 88.6 Å². The topological polar surface area (TPSA) is 50.7 Å². The second kappa shape index (κ2) is 14.9. The molecule has 0 amide bonds. The summed E-state index contributed by atoms with van der Waals surface area (Å²) in [6.07, 6.45) is 12.1. The Kier molecular flexibility index (Phi) is 12.6. The van der Waals surface area contributed by atoms with Crippen LogP contribution in [0.15, 0.2) is 82.4 Å². The Labute approximate surface area is 198 Å². The standard InChI is InChI=1S/C28H37FN2O2/c1-8-11-14-28(31-24-15-16-26(22(6)32)23(9-2)18-24)21(5)30-19-20(4)25(27(29)10-3)13-12-17-33-7/h8,11-16,18-19,31H,9-10,17H2,1-7H3/b11-8-,13-12-,20-19+,27-25-,28-14+,30-21+. The molecule has 0 aliphatic heterocycles. The minimum atomic E-state index is -0.190. The van der Waals surface area contributed by atoms with E-state index in [2.05, 4.69) is 10.3 Å². The van der Waals surface area contributed by atoms with E-state index in [1.165, 1.54) is 0 Å². The molecular formula is C28H37FN2O2. The van der Waals surface area contributed by atoms with E-state index in [1.807, 2.05) is 64.1 Å². The number of carbonyl (C=O) groups excluding carboxylic acids is 1. The minimum absolute atomic E-state index is 0.0594. The SMILES string of the molecule is C\C=C/C=C(Nc1ccc(C(C)=O)c(CC)c1)\C(C)=N\C=C(C)\C(\C=C/COC)=C(/F)CC. The Balaban J connectivity index is 3.29. The van der Waals surface area contributed by atoms with E-state index in [-0.39, 0.29) is 11.6 Å². The molecule has 1 aromatic rings. The molecule has 0 unspecified atom stereocenters. The maximum absolute atomic E-state index is 14.4. The number of ketones is 1. The van der Waals surface area contributed by atoms with Gasteiger partial charge >= 0.3 is 0 Å². The Morgan fingerprint density at radius 3 is 2.52 bits per heavy atom. The number of carbonyl (C=O) groups is 1. The van der Waals surface area contributed by atoms with Gasteiger partial charge in [0.15, 0.2) is 5.78 Å². The molecule has 0 aliphatic rings. The number of hydrogen-bond donors (Lipinski definition) is 1. The quantitative estimate of drug-likeness (QED) is 0.203. The van der Waals surface area contributed by atoms with Gasteiger partial charge in [0.1, 0.15) is 5.83 Å². The highest BCUT2D eigenvalue weighted by atomic mass is 19.1. The zero-order valence-corrected chi connectivity index (χ0v) is 21.0. The number of halogens is 1. The summed E-state index contributed by atoms with van der Waals surface area (Å²) in [4.78, 5) is 16.5. The van der Waals surface area contributed by atoms with Crippen LogP contribution in [0.4, 0.5) is 10.1 Å². The molecule has 0 radical (unpaired) electrons. The van der Waals surface area contributed by atoms with Crippen LogP contribution in [0.2, 0.25) is 0 Å². The fourth-order valence-electron chi connectivity index (χ4n) is 3.13. The van der Waals surface area contributed by atoms with Crippen LogP contribution in [0.25, 0.3) is 0 Å². The average molecular weight is 453 g/mol. The second-order valence-electron chi connectivity index (χ2n) is 7.57. The van der Waals surface area contributed by atoms with E-state index in [1.54, 1.807) is 39.3 Å². The number of rotatable bonds is 12. The van der Waals surface area contributed by atoms with Crippen LogP contribution in [-0.4, -0.2) is 25.2 Å². The summed E-state index contributed by atoms with van der Waals surface area (Å²) in [5.74, 6) is -0.131. The van der Waals surface area contributed by atoms with Gasteiger partial charge in [-0.2, -0.15) is 0 Å². The average Bonchev–Trinajstić information content (AvgIpc) is 2.81. The summed E-state index contributed by atoms with van der Waals surface area (Å²) in [5, 5.41) is 3.41. The van der Waals surface area contributed by atoms with Crippen molar-refractivity contribution in [2.24, 2.45) is 4.99 Å². The molecule has 1 rings (SSSR count). The summed E-state index contributed by atoms with van der Waals surface area (Å²) in [6.45, 7) is 11.5. The predicted molar refractivity (Wildman–Crippen MR) is 139 cm³/mol. The largest absolute Gasteiger partial charge is 0.381 e. The Morgan fingerprint density at radius 2 is 1.94 bits per heavy atom. The lowest BCUT2D eigenvalue weighted by atomic mass is 10.0. The molecule has 1 aromatic carbocycles. The number of Topliss-reactive ketones (excluding diaryl/α,β-unsaturated/α-hetero) is 1. The van der Waals surface area contributed by atoms with E-state index in [4.69, 9.17) is 4.74 Å². The molecule has 0 heterocycles. The monoisotopic (exact) mass is 452 g/mol. The lowest BCUT2D eigenvalue weighted by Gasteiger charge is -2.13. The molecule has 1 N–H and O–H groups in total. The van der Waals surface area contributed by atoms with Gasteiger partial charge in [0.25, 0.3) is 0 Å². The maximum atomic E-state index is 14.4. The first-order chi connectivity index (χ1) is 15.8. The first kappa shape index (κ1) is 28.0. The van der Waals surface area contributed by atoms with Crippen LogP contribution in [0, 0.1) is 0 Å². The van der Waals surface area contributed by atoms with Gasteiger partial charge in [0, 0.05) is 30.1 Å². The Morgan fingerprint density at radius 1 is 1.21 bits per heavy atom. The normalized spacial score (nSPS) is 14.2. The molecule has 0 atom stereocenters. The first-order valence-electron chi connectivity index (χ1n) is 11.3. The van der Waals surface area contributed by atoms with Gasteiger partial charge in [-0.3, -0.25) is 9.79 Å². The van der Waals surface area contributed by atoms with E-state index in [0.29, 0.717) is 18.6 Å². The Hall–Kier alpha value is -3.05. The highest BCUT2D eigenvalue weighted by molar-refractivity contribution is 6.01. The van der Waals surface area contributed by atoms with Crippen molar-refractivity contribution in [2.45, 2.75) is 54.4 Å². The molecule has 0 fully saturated rings. The number of ether oxygens (including phenoxy) is 1. The number of nitrogens with one attached hydrogen (secondary N) is 1. The highest BCUT2D eigenvalue weighted by Gasteiger charge is 2.09. The van der Waals surface area contributed by atoms with Gasteiger partial charge in [-0.15, -0.1) is 0 Å². The highest BCUT2D eigenvalue weighted by Crippen LogP contribution is 2.21. The molecule has 0 bridgehead atoms. The van der Waals surface area contributed by atoms with E-state index in [9.17, 15) is 9.18 Å². The van der Waals surface area contributed by atoms with Crippen molar-refractivity contribution < 1.29 is 13.9 Å². The van der Waals surface area contributed by atoms with E-state index >= 15 is 0 Å². The molecule has 4 nitrogen and oxygen atoms in total. The summed E-state index contributed by atoms with van der Waals surface area (Å²) < 4.78 is 19.4. The van der Waals surface area contributed by atoms with E-state index < -0.39 is 0 Å². The summed E-state index contributed by atoms with van der Waals surface area (Å²) in [5.41, 5.74) is 5.42. The third-order valence-electron chi connectivity index (χ3n) is 5.02. The zero-order valence-electron chi connectivity index (χ0n) is 21.0.